The third-order valence-electron chi connectivity index (χ3n) is 3.61. The van der Waals surface area contributed by atoms with Gasteiger partial charge in [-0.05, 0) is 44.9 Å². The van der Waals surface area contributed by atoms with E-state index in [2.05, 4.69) is 10.0 Å². The van der Waals surface area contributed by atoms with E-state index >= 15 is 0 Å². The summed E-state index contributed by atoms with van der Waals surface area (Å²) in [6.45, 7) is 7.66. The Labute approximate surface area is 138 Å². The number of carboxylic acids is 1. The first-order valence-electron chi connectivity index (χ1n) is 7.87. The first-order chi connectivity index (χ1) is 10.7. The molecule has 130 valence electrons. The van der Waals surface area contributed by atoms with Gasteiger partial charge in [-0.25, -0.2) is 17.9 Å². The molecule has 23 heavy (non-hydrogen) atoms. The maximum absolute atomic E-state index is 12.6. The summed E-state index contributed by atoms with van der Waals surface area (Å²) in [6.07, 6.45) is 2.50. The minimum atomic E-state index is -3.79. The SMILES string of the molecule is CCC[C@H](C)Nc1ccc(C(=O)O)cc1S(=O)(=O)N[C@@H](C)CC. The van der Waals surface area contributed by atoms with Gasteiger partial charge in [0, 0.05) is 12.1 Å². The summed E-state index contributed by atoms with van der Waals surface area (Å²) in [4.78, 5) is 11.1. The third kappa shape index (κ3) is 5.51. The molecule has 6 nitrogen and oxygen atoms in total. The first-order valence-corrected chi connectivity index (χ1v) is 9.35. The van der Waals surface area contributed by atoms with Crippen molar-refractivity contribution in [2.75, 3.05) is 5.32 Å². The molecule has 0 spiro atoms. The second-order valence-electron chi connectivity index (χ2n) is 5.78. The Morgan fingerprint density at radius 2 is 1.87 bits per heavy atom. The van der Waals surface area contributed by atoms with Crippen LogP contribution in [0.5, 0.6) is 0 Å². The summed E-state index contributed by atoms with van der Waals surface area (Å²) >= 11 is 0. The topological polar surface area (TPSA) is 95.5 Å². The number of rotatable bonds is 9. The van der Waals surface area contributed by atoms with Crippen LogP contribution >= 0.6 is 0 Å². The van der Waals surface area contributed by atoms with Gasteiger partial charge in [0.1, 0.15) is 4.90 Å². The minimum absolute atomic E-state index is 0.0272. The number of aromatic carboxylic acids is 1. The van der Waals surface area contributed by atoms with Gasteiger partial charge in [0.2, 0.25) is 10.0 Å². The van der Waals surface area contributed by atoms with Crippen LogP contribution in [0.3, 0.4) is 0 Å². The fourth-order valence-electron chi connectivity index (χ4n) is 2.18. The first kappa shape index (κ1) is 19.4. The molecule has 0 bridgehead atoms. The summed E-state index contributed by atoms with van der Waals surface area (Å²) in [7, 11) is -3.79. The van der Waals surface area contributed by atoms with E-state index in [0.717, 1.165) is 12.8 Å². The molecular formula is C16H26N2O4S. The summed E-state index contributed by atoms with van der Waals surface area (Å²) in [5.74, 6) is -1.15. The molecule has 0 radical (unpaired) electrons. The number of anilines is 1. The molecular weight excluding hydrogens is 316 g/mol. The van der Waals surface area contributed by atoms with Crippen LogP contribution in [0.4, 0.5) is 5.69 Å². The highest BCUT2D eigenvalue weighted by atomic mass is 32.2. The number of carboxylic acid groups (broad SMARTS) is 1. The molecule has 1 aromatic rings. The van der Waals surface area contributed by atoms with Crippen molar-refractivity contribution in [3.05, 3.63) is 23.8 Å². The van der Waals surface area contributed by atoms with Gasteiger partial charge in [-0.3, -0.25) is 0 Å². The second-order valence-corrected chi connectivity index (χ2v) is 7.46. The molecule has 0 aromatic heterocycles. The maximum Gasteiger partial charge on any atom is 0.335 e. The fourth-order valence-corrected chi connectivity index (χ4v) is 3.70. The van der Waals surface area contributed by atoms with Crippen LogP contribution < -0.4 is 10.0 Å². The zero-order chi connectivity index (χ0) is 17.6. The highest BCUT2D eigenvalue weighted by molar-refractivity contribution is 7.89. The highest BCUT2D eigenvalue weighted by Gasteiger charge is 2.23. The van der Waals surface area contributed by atoms with Crippen molar-refractivity contribution in [1.29, 1.82) is 0 Å². The standard InChI is InChI=1S/C16H26N2O4S/c1-5-7-12(4)17-14-9-8-13(16(19)20)10-15(14)23(21,22)18-11(3)6-2/h8-12,17-18H,5-7H2,1-4H3,(H,19,20)/t11-,12-/m0/s1. The summed E-state index contributed by atoms with van der Waals surface area (Å²) in [6, 6.07) is 3.99. The number of carbonyl (C=O) groups is 1. The lowest BCUT2D eigenvalue weighted by molar-refractivity contribution is 0.0696. The molecule has 1 rings (SSSR count). The fraction of sp³-hybridized carbons (Fsp3) is 0.562. The number of benzene rings is 1. The van der Waals surface area contributed by atoms with Crippen molar-refractivity contribution in [1.82, 2.24) is 4.72 Å². The van der Waals surface area contributed by atoms with Crippen molar-refractivity contribution < 1.29 is 18.3 Å². The number of hydrogen-bond acceptors (Lipinski definition) is 4. The van der Waals surface area contributed by atoms with Crippen LogP contribution in [-0.2, 0) is 10.0 Å². The molecule has 0 aliphatic rings. The Morgan fingerprint density at radius 3 is 2.39 bits per heavy atom. The van der Waals surface area contributed by atoms with Crippen LogP contribution in [0.2, 0.25) is 0 Å². The molecule has 0 aliphatic carbocycles. The molecule has 7 heteroatoms. The molecule has 1 aromatic carbocycles. The van der Waals surface area contributed by atoms with Gasteiger partial charge in [-0.15, -0.1) is 0 Å². The average molecular weight is 342 g/mol. The van der Waals surface area contributed by atoms with E-state index in [9.17, 15) is 13.2 Å². The highest BCUT2D eigenvalue weighted by Crippen LogP contribution is 2.25. The van der Waals surface area contributed by atoms with Gasteiger partial charge >= 0.3 is 5.97 Å². The zero-order valence-electron chi connectivity index (χ0n) is 14.1. The third-order valence-corrected chi connectivity index (χ3v) is 5.24. The van der Waals surface area contributed by atoms with Gasteiger partial charge in [0.05, 0.1) is 11.3 Å². The largest absolute Gasteiger partial charge is 0.478 e. The van der Waals surface area contributed by atoms with E-state index in [4.69, 9.17) is 5.11 Å². The quantitative estimate of drug-likeness (QED) is 0.641. The molecule has 0 fully saturated rings. The normalized spacial score (nSPS) is 14.3. The van der Waals surface area contributed by atoms with Crippen LogP contribution in [0.15, 0.2) is 23.1 Å². The Kier molecular flexibility index (Phi) is 7.02. The smallest absolute Gasteiger partial charge is 0.335 e. The van der Waals surface area contributed by atoms with Gasteiger partial charge in [-0.2, -0.15) is 0 Å². The second kappa shape index (κ2) is 8.31. The molecule has 0 saturated carbocycles. The van der Waals surface area contributed by atoms with Crippen LogP contribution in [0.25, 0.3) is 0 Å². The van der Waals surface area contributed by atoms with Crippen molar-refractivity contribution in [2.45, 2.75) is 63.9 Å². The number of sulfonamides is 1. The Balaban J connectivity index is 3.28. The lowest BCUT2D eigenvalue weighted by atomic mass is 10.1. The van der Waals surface area contributed by atoms with E-state index in [1.54, 1.807) is 6.92 Å². The Hall–Kier alpha value is -1.60. The molecule has 0 aliphatic heterocycles. The zero-order valence-corrected chi connectivity index (χ0v) is 14.9. The van der Waals surface area contributed by atoms with E-state index in [1.165, 1.54) is 18.2 Å². The van der Waals surface area contributed by atoms with E-state index in [1.807, 2.05) is 20.8 Å². The summed E-state index contributed by atoms with van der Waals surface area (Å²) in [5.41, 5.74) is 0.370. The van der Waals surface area contributed by atoms with E-state index < -0.39 is 16.0 Å². The van der Waals surface area contributed by atoms with Gasteiger partial charge in [-0.1, -0.05) is 20.3 Å². The van der Waals surface area contributed by atoms with E-state index in [-0.39, 0.29) is 22.5 Å². The van der Waals surface area contributed by atoms with Crippen molar-refractivity contribution in [2.24, 2.45) is 0 Å². The lowest BCUT2D eigenvalue weighted by Gasteiger charge is -2.19. The Bertz CT molecular complexity index is 643. The molecule has 0 heterocycles. The average Bonchev–Trinajstić information content (AvgIpc) is 2.46. The van der Waals surface area contributed by atoms with Gasteiger partial charge in [0.25, 0.3) is 0 Å². The van der Waals surface area contributed by atoms with Crippen molar-refractivity contribution >= 4 is 21.7 Å². The molecule has 0 saturated heterocycles. The van der Waals surface area contributed by atoms with Crippen molar-refractivity contribution in [3.8, 4) is 0 Å². The summed E-state index contributed by atoms with van der Waals surface area (Å²) in [5, 5.41) is 12.3. The Morgan fingerprint density at radius 1 is 1.22 bits per heavy atom. The molecule has 0 amide bonds. The predicted molar refractivity (Wildman–Crippen MR) is 91.5 cm³/mol. The number of nitrogens with one attached hydrogen (secondary N) is 2. The van der Waals surface area contributed by atoms with Crippen LogP contribution in [0.1, 0.15) is 57.3 Å². The van der Waals surface area contributed by atoms with Crippen LogP contribution in [-0.4, -0.2) is 31.6 Å². The van der Waals surface area contributed by atoms with Crippen molar-refractivity contribution in [3.63, 3.8) is 0 Å². The molecule has 2 atom stereocenters. The lowest BCUT2D eigenvalue weighted by Crippen LogP contribution is -2.33. The summed E-state index contributed by atoms with van der Waals surface area (Å²) < 4.78 is 27.8. The molecule has 3 N–H and O–H groups in total. The van der Waals surface area contributed by atoms with Gasteiger partial charge in [0.15, 0.2) is 0 Å². The molecule has 0 unspecified atom stereocenters. The monoisotopic (exact) mass is 342 g/mol. The number of hydrogen-bond donors (Lipinski definition) is 3. The van der Waals surface area contributed by atoms with Crippen LogP contribution in [0, 0.1) is 0 Å². The maximum atomic E-state index is 12.6. The van der Waals surface area contributed by atoms with Gasteiger partial charge < -0.3 is 10.4 Å². The minimum Gasteiger partial charge on any atom is -0.478 e. The van der Waals surface area contributed by atoms with E-state index in [0.29, 0.717) is 12.1 Å². The predicted octanol–water partition coefficient (Wildman–Crippen LogP) is 3.06.